The van der Waals surface area contributed by atoms with Gasteiger partial charge in [-0.25, -0.2) is 0 Å². The number of hydrogen-bond donors (Lipinski definition) is 1. The molecule has 0 saturated carbocycles. The van der Waals surface area contributed by atoms with Crippen molar-refractivity contribution in [2.75, 3.05) is 24.0 Å². The Morgan fingerprint density at radius 1 is 1.42 bits per heavy atom. The van der Waals surface area contributed by atoms with Crippen molar-refractivity contribution in [1.29, 1.82) is 0 Å². The normalized spacial score (nSPS) is 14.2. The first kappa shape index (κ1) is 16.9. The molecule has 0 radical (unpaired) electrons. The minimum absolute atomic E-state index is 0.194. The van der Waals surface area contributed by atoms with E-state index >= 15 is 0 Å². The predicted molar refractivity (Wildman–Crippen MR) is 92.4 cm³/mol. The van der Waals surface area contributed by atoms with Crippen molar-refractivity contribution >= 4 is 33.4 Å². The molecule has 0 fully saturated rings. The van der Waals surface area contributed by atoms with Gasteiger partial charge in [-0.3, -0.25) is 0 Å². The number of benzene rings is 1. The van der Waals surface area contributed by atoms with Crippen LogP contribution in [0.15, 0.2) is 22.7 Å². The van der Waals surface area contributed by atoms with Crippen molar-refractivity contribution < 1.29 is 0 Å². The van der Waals surface area contributed by atoms with Gasteiger partial charge in [0.2, 0.25) is 0 Å². The number of rotatable bonds is 7. The van der Waals surface area contributed by atoms with Gasteiger partial charge in [0.25, 0.3) is 0 Å². The van der Waals surface area contributed by atoms with Gasteiger partial charge in [0.05, 0.1) is 0 Å². The Hall–Kier alpha value is -0.190. The maximum atomic E-state index is 5.87. The highest BCUT2D eigenvalue weighted by molar-refractivity contribution is 9.10. The summed E-state index contributed by atoms with van der Waals surface area (Å²) in [4.78, 5) is 2.37. The fourth-order valence-corrected chi connectivity index (χ4v) is 3.55. The summed E-state index contributed by atoms with van der Waals surface area (Å²) in [5.41, 5.74) is 8.41. The van der Waals surface area contributed by atoms with E-state index in [-0.39, 0.29) is 6.04 Å². The first-order valence-electron chi connectivity index (χ1n) is 6.75. The van der Waals surface area contributed by atoms with Gasteiger partial charge in [-0.2, -0.15) is 11.8 Å². The van der Waals surface area contributed by atoms with E-state index in [1.165, 1.54) is 11.3 Å². The Kier molecular flexibility index (Phi) is 7.26. The van der Waals surface area contributed by atoms with Gasteiger partial charge in [0.1, 0.15) is 0 Å². The van der Waals surface area contributed by atoms with Gasteiger partial charge in [0, 0.05) is 35.0 Å². The SMILES string of the molecule is CCC(CSC)N(C)c1ccc(CC(C)N)c(Br)c1. The second-order valence-corrected chi connectivity index (χ2v) is 6.85. The predicted octanol–water partition coefficient (Wildman–Crippen LogP) is 3.92. The maximum Gasteiger partial charge on any atom is 0.0377 e. The van der Waals surface area contributed by atoms with Gasteiger partial charge in [-0.05, 0) is 43.7 Å². The van der Waals surface area contributed by atoms with Crippen molar-refractivity contribution in [1.82, 2.24) is 0 Å². The molecule has 0 heterocycles. The van der Waals surface area contributed by atoms with Crippen LogP contribution in [0.1, 0.15) is 25.8 Å². The van der Waals surface area contributed by atoms with E-state index in [0.717, 1.165) is 23.1 Å². The van der Waals surface area contributed by atoms with E-state index in [1.54, 1.807) is 0 Å². The average molecular weight is 345 g/mol. The van der Waals surface area contributed by atoms with E-state index in [9.17, 15) is 0 Å². The summed E-state index contributed by atoms with van der Waals surface area (Å²) in [5.74, 6) is 1.16. The van der Waals surface area contributed by atoms with Crippen molar-refractivity contribution in [3.8, 4) is 0 Å². The van der Waals surface area contributed by atoms with Crippen LogP contribution in [-0.4, -0.2) is 31.1 Å². The van der Waals surface area contributed by atoms with Crippen molar-refractivity contribution in [2.24, 2.45) is 5.73 Å². The monoisotopic (exact) mass is 344 g/mol. The average Bonchev–Trinajstić information content (AvgIpc) is 2.37. The van der Waals surface area contributed by atoms with Crippen LogP contribution in [0.3, 0.4) is 0 Å². The van der Waals surface area contributed by atoms with Crippen LogP contribution in [0.5, 0.6) is 0 Å². The molecule has 0 aliphatic carbocycles. The third-order valence-electron chi connectivity index (χ3n) is 3.36. The zero-order valence-electron chi connectivity index (χ0n) is 12.3. The fourth-order valence-electron chi connectivity index (χ4n) is 2.17. The number of nitrogens with two attached hydrogens (primary N) is 1. The lowest BCUT2D eigenvalue weighted by molar-refractivity contribution is 0.672. The van der Waals surface area contributed by atoms with E-state index in [4.69, 9.17) is 5.73 Å². The van der Waals surface area contributed by atoms with Crippen molar-refractivity contribution in [3.05, 3.63) is 28.2 Å². The molecular weight excluding hydrogens is 320 g/mol. The quantitative estimate of drug-likeness (QED) is 0.812. The Balaban J connectivity index is 2.87. The minimum Gasteiger partial charge on any atom is -0.371 e. The molecule has 0 aromatic heterocycles. The van der Waals surface area contributed by atoms with Gasteiger partial charge in [-0.1, -0.05) is 28.9 Å². The Morgan fingerprint density at radius 3 is 2.58 bits per heavy atom. The third kappa shape index (κ3) is 5.01. The largest absolute Gasteiger partial charge is 0.371 e. The fraction of sp³-hybridized carbons (Fsp3) is 0.600. The number of halogens is 1. The van der Waals surface area contributed by atoms with Crippen LogP contribution in [-0.2, 0) is 6.42 Å². The van der Waals surface area contributed by atoms with Gasteiger partial charge in [-0.15, -0.1) is 0 Å². The van der Waals surface area contributed by atoms with Crippen LogP contribution in [0, 0.1) is 0 Å². The minimum atomic E-state index is 0.194. The van der Waals surface area contributed by atoms with Gasteiger partial charge < -0.3 is 10.6 Å². The Labute approximate surface area is 130 Å². The zero-order valence-corrected chi connectivity index (χ0v) is 14.7. The summed E-state index contributed by atoms with van der Waals surface area (Å²) < 4.78 is 1.16. The first-order chi connectivity index (χ1) is 8.99. The molecule has 1 aromatic rings. The van der Waals surface area contributed by atoms with Crippen LogP contribution in [0.25, 0.3) is 0 Å². The first-order valence-corrected chi connectivity index (χ1v) is 8.94. The van der Waals surface area contributed by atoms with E-state index in [1.807, 2.05) is 18.7 Å². The maximum absolute atomic E-state index is 5.87. The van der Waals surface area contributed by atoms with Crippen LogP contribution < -0.4 is 10.6 Å². The third-order valence-corrected chi connectivity index (χ3v) is 4.82. The molecule has 2 atom stereocenters. The second kappa shape index (κ2) is 8.18. The highest BCUT2D eigenvalue weighted by atomic mass is 79.9. The molecule has 0 aliphatic rings. The van der Waals surface area contributed by atoms with Crippen LogP contribution in [0.4, 0.5) is 5.69 Å². The molecule has 108 valence electrons. The topological polar surface area (TPSA) is 29.3 Å². The number of nitrogens with zero attached hydrogens (tertiary/aromatic N) is 1. The summed E-state index contributed by atoms with van der Waals surface area (Å²) in [6, 6.07) is 7.37. The molecule has 2 N–H and O–H groups in total. The molecule has 0 bridgehead atoms. The number of anilines is 1. The molecule has 0 aliphatic heterocycles. The van der Waals surface area contributed by atoms with E-state index in [2.05, 4.69) is 59.3 Å². The molecule has 1 aromatic carbocycles. The number of hydrogen-bond acceptors (Lipinski definition) is 3. The lowest BCUT2D eigenvalue weighted by Crippen LogP contribution is -2.33. The van der Waals surface area contributed by atoms with Gasteiger partial charge in [0.15, 0.2) is 0 Å². The highest BCUT2D eigenvalue weighted by Gasteiger charge is 2.14. The molecule has 2 unspecified atom stereocenters. The molecule has 1 rings (SSSR count). The summed E-state index contributed by atoms with van der Waals surface area (Å²) in [6.07, 6.45) is 4.24. The van der Waals surface area contributed by atoms with Crippen molar-refractivity contribution in [2.45, 2.75) is 38.8 Å². The van der Waals surface area contributed by atoms with Crippen LogP contribution in [0.2, 0.25) is 0 Å². The van der Waals surface area contributed by atoms with E-state index < -0.39 is 0 Å². The molecular formula is C15H25BrN2S. The molecule has 4 heteroatoms. The Morgan fingerprint density at radius 2 is 2.11 bits per heavy atom. The molecule has 0 spiro atoms. The summed E-state index contributed by atoms with van der Waals surface area (Å²) in [6.45, 7) is 4.29. The summed E-state index contributed by atoms with van der Waals surface area (Å²) >= 11 is 5.57. The van der Waals surface area contributed by atoms with Gasteiger partial charge >= 0.3 is 0 Å². The molecule has 0 amide bonds. The summed E-state index contributed by atoms with van der Waals surface area (Å²) in [5, 5.41) is 0. The summed E-state index contributed by atoms with van der Waals surface area (Å²) in [7, 11) is 2.18. The standard InChI is InChI=1S/C15H25BrN2S/c1-5-13(10-19-4)18(3)14-7-6-12(8-11(2)17)15(16)9-14/h6-7,9,11,13H,5,8,10,17H2,1-4H3. The lowest BCUT2D eigenvalue weighted by Gasteiger charge is -2.29. The molecule has 19 heavy (non-hydrogen) atoms. The lowest BCUT2D eigenvalue weighted by atomic mass is 10.1. The Bertz CT molecular complexity index is 396. The van der Waals surface area contributed by atoms with Crippen LogP contribution >= 0.6 is 27.7 Å². The zero-order chi connectivity index (χ0) is 14.4. The molecule has 0 saturated heterocycles. The highest BCUT2D eigenvalue weighted by Crippen LogP contribution is 2.26. The second-order valence-electron chi connectivity index (χ2n) is 5.09. The number of thioether (sulfide) groups is 1. The van der Waals surface area contributed by atoms with E-state index in [0.29, 0.717) is 6.04 Å². The molecule has 2 nitrogen and oxygen atoms in total. The smallest absolute Gasteiger partial charge is 0.0377 e. The van der Waals surface area contributed by atoms with Crippen molar-refractivity contribution in [3.63, 3.8) is 0 Å².